The van der Waals surface area contributed by atoms with E-state index in [1.54, 1.807) is 6.92 Å². The largest absolute Gasteiger partial charge is 0.389 e. The Kier molecular flexibility index (Phi) is 3.48. The predicted octanol–water partition coefficient (Wildman–Crippen LogP) is 3.51. The summed E-state index contributed by atoms with van der Waals surface area (Å²) in [5.74, 6) is 1.33. The Morgan fingerprint density at radius 3 is 2.26 bits per heavy atom. The Hall–Kier alpha value is -1.09. The molecule has 3 heteroatoms. The maximum absolute atomic E-state index is 13.4. The van der Waals surface area contributed by atoms with E-state index in [1.165, 1.54) is 37.8 Å². The van der Waals surface area contributed by atoms with Gasteiger partial charge in [-0.05, 0) is 62.6 Å². The molecule has 0 bridgehead atoms. The second kappa shape index (κ2) is 5.12. The first-order chi connectivity index (χ1) is 9.13. The van der Waals surface area contributed by atoms with E-state index in [0.717, 1.165) is 36.2 Å². The fourth-order valence-electron chi connectivity index (χ4n) is 2.64. The maximum Gasteiger partial charge on any atom is 0.123 e. The molecule has 2 fully saturated rings. The minimum absolute atomic E-state index is 0.266. The summed E-state index contributed by atoms with van der Waals surface area (Å²) in [5, 5.41) is 9.88. The van der Waals surface area contributed by atoms with Crippen molar-refractivity contribution in [3.05, 3.63) is 29.6 Å². The second-order valence-corrected chi connectivity index (χ2v) is 6.17. The predicted molar refractivity (Wildman–Crippen MR) is 74.7 cm³/mol. The van der Waals surface area contributed by atoms with E-state index in [2.05, 4.69) is 4.90 Å². The van der Waals surface area contributed by atoms with Gasteiger partial charge in [0.1, 0.15) is 5.82 Å². The molecule has 0 aliphatic heterocycles. The normalized spacial score (nSPS) is 20.4. The highest BCUT2D eigenvalue weighted by Crippen LogP contribution is 2.37. The number of anilines is 1. The Morgan fingerprint density at radius 2 is 1.79 bits per heavy atom. The third kappa shape index (κ3) is 3.27. The van der Waals surface area contributed by atoms with Gasteiger partial charge >= 0.3 is 0 Å². The molecule has 0 radical (unpaired) electrons. The summed E-state index contributed by atoms with van der Waals surface area (Å²) >= 11 is 0. The zero-order valence-corrected chi connectivity index (χ0v) is 11.5. The van der Waals surface area contributed by atoms with Crippen molar-refractivity contribution in [2.75, 3.05) is 18.0 Å². The van der Waals surface area contributed by atoms with Crippen molar-refractivity contribution in [1.82, 2.24) is 0 Å². The third-order valence-electron chi connectivity index (χ3n) is 4.13. The van der Waals surface area contributed by atoms with E-state index >= 15 is 0 Å². The lowest BCUT2D eigenvalue weighted by Gasteiger charge is -2.28. The molecule has 1 N–H and O–H groups in total. The van der Waals surface area contributed by atoms with Crippen LogP contribution in [0.5, 0.6) is 0 Å². The van der Waals surface area contributed by atoms with Crippen LogP contribution in [0.15, 0.2) is 18.2 Å². The first-order valence-corrected chi connectivity index (χ1v) is 7.36. The zero-order chi connectivity index (χ0) is 13.4. The van der Waals surface area contributed by atoms with Crippen LogP contribution in [0.4, 0.5) is 10.1 Å². The summed E-state index contributed by atoms with van der Waals surface area (Å²) in [4.78, 5) is 2.37. The summed E-state index contributed by atoms with van der Waals surface area (Å²) in [6.07, 6.45) is 4.63. The Morgan fingerprint density at radius 1 is 1.21 bits per heavy atom. The number of rotatable bonds is 6. The van der Waals surface area contributed by atoms with Crippen LogP contribution in [0.1, 0.15) is 44.3 Å². The average molecular weight is 263 g/mol. The lowest BCUT2D eigenvalue weighted by Crippen LogP contribution is -2.29. The van der Waals surface area contributed by atoms with Crippen molar-refractivity contribution in [3.63, 3.8) is 0 Å². The van der Waals surface area contributed by atoms with Crippen molar-refractivity contribution >= 4 is 5.69 Å². The van der Waals surface area contributed by atoms with E-state index in [4.69, 9.17) is 0 Å². The lowest BCUT2D eigenvalue weighted by molar-refractivity contribution is 0.199. The molecule has 0 amide bonds. The quantitative estimate of drug-likeness (QED) is 0.849. The zero-order valence-electron chi connectivity index (χ0n) is 11.5. The first-order valence-electron chi connectivity index (χ1n) is 7.36. The number of aliphatic hydroxyl groups excluding tert-OH is 1. The fraction of sp³-hybridized carbons (Fsp3) is 0.625. The highest BCUT2D eigenvalue weighted by molar-refractivity contribution is 5.55. The molecule has 2 aliphatic carbocycles. The summed E-state index contributed by atoms with van der Waals surface area (Å²) < 4.78 is 13.4. The van der Waals surface area contributed by atoms with Crippen LogP contribution in [0.3, 0.4) is 0 Å². The highest BCUT2D eigenvalue weighted by Gasteiger charge is 2.30. The van der Waals surface area contributed by atoms with E-state index < -0.39 is 6.10 Å². The molecule has 0 aromatic heterocycles. The molecule has 2 nitrogen and oxygen atoms in total. The monoisotopic (exact) mass is 263 g/mol. The van der Waals surface area contributed by atoms with Crippen molar-refractivity contribution < 1.29 is 9.50 Å². The van der Waals surface area contributed by atoms with Crippen molar-refractivity contribution in [1.29, 1.82) is 0 Å². The van der Waals surface area contributed by atoms with Crippen LogP contribution >= 0.6 is 0 Å². The van der Waals surface area contributed by atoms with Gasteiger partial charge in [0.2, 0.25) is 0 Å². The summed E-state index contributed by atoms with van der Waals surface area (Å²) in [6, 6.07) is 4.82. The highest BCUT2D eigenvalue weighted by atomic mass is 19.1. The number of nitrogens with zero attached hydrogens (tertiary/aromatic N) is 1. The van der Waals surface area contributed by atoms with E-state index in [9.17, 15) is 9.50 Å². The van der Waals surface area contributed by atoms with Gasteiger partial charge in [-0.3, -0.25) is 0 Å². The lowest BCUT2D eigenvalue weighted by atomic mass is 10.1. The van der Waals surface area contributed by atoms with Crippen LogP contribution in [-0.4, -0.2) is 18.2 Å². The summed E-state index contributed by atoms with van der Waals surface area (Å²) in [6.45, 7) is 3.83. The number of hydrogen-bond donors (Lipinski definition) is 1. The molecule has 0 unspecified atom stereocenters. The van der Waals surface area contributed by atoms with Gasteiger partial charge in [0.15, 0.2) is 0 Å². The second-order valence-electron chi connectivity index (χ2n) is 6.17. The van der Waals surface area contributed by atoms with E-state index in [1.807, 2.05) is 6.07 Å². The SMILES string of the molecule is C[C@@H](O)c1cc(F)ccc1N(CC1CC1)CC1CC1. The molecule has 104 valence electrons. The number of hydrogen-bond acceptors (Lipinski definition) is 2. The number of aliphatic hydroxyl groups is 1. The summed E-state index contributed by atoms with van der Waals surface area (Å²) in [5.41, 5.74) is 1.75. The molecule has 3 rings (SSSR count). The van der Waals surface area contributed by atoms with Gasteiger partial charge in [0, 0.05) is 24.3 Å². The minimum atomic E-state index is -0.619. The number of halogens is 1. The first kappa shape index (κ1) is 12.9. The molecule has 0 saturated heterocycles. The fourth-order valence-corrected chi connectivity index (χ4v) is 2.64. The van der Waals surface area contributed by atoms with Crippen LogP contribution in [0.25, 0.3) is 0 Å². The molecule has 1 atom stereocenters. The molecule has 1 aromatic rings. The van der Waals surface area contributed by atoms with Crippen molar-refractivity contribution in [3.8, 4) is 0 Å². The molecular weight excluding hydrogens is 241 g/mol. The van der Waals surface area contributed by atoms with E-state index in [0.29, 0.717) is 0 Å². The molecular formula is C16H22FNO. The van der Waals surface area contributed by atoms with Gasteiger partial charge in [-0.25, -0.2) is 4.39 Å². The van der Waals surface area contributed by atoms with Gasteiger partial charge in [0.25, 0.3) is 0 Å². The van der Waals surface area contributed by atoms with Crippen molar-refractivity contribution in [2.45, 2.75) is 38.7 Å². The van der Waals surface area contributed by atoms with Crippen LogP contribution in [-0.2, 0) is 0 Å². The molecule has 2 saturated carbocycles. The minimum Gasteiger partial charge on any atom is -0.389 e. The Labute approximate surface area is 114 Å². The maximum atomic E-state index is 13.4. The van der Waals surface area contributed by atoms with Gasteiger partial charge in [0.05, 0.1) is 6.10 Å². The summed E-state index contributed by atoms with van der Waals surface area (Å²) in [7, 11) is 0. The van der Waals surface area contributed by atoms with Gasteiger partial charge in [-0.1, -0.05) is 0 Å². The topological polar surface area (TPSA) is 23.5 Å². The molecule has 19 heavy (non-hydrogen) atoms. The van der Waals surface area contributed by atoms with Gasteiger partial charge < -0.3 is 10.0 Å². The molecule has 0 spiro atoms. The van der Waals surface area contributed by atoms with Crippen LogP contribution < -0.4 is 4.90 Å². The van der Waals surface area contributed by atoms with Crippen LogP contribution in [0.2, 0.25) is 0 Å². The Bertz CT molecular complexity index is 438. The standard InChI is InChI=1S/C16H22FNO/c1-11(19)15-8-14(17)6-7-16(15)18(9-12-2-3-12)10-13-4-5-13/h6-8,11-13,19H,2-5,9-10H2,1H3/t11-/m1/s1. The Balaban J connectivity index is 1.85. The van der Waals surface area contributed by atoms with Gasteiger partial charge in [-0.2, -0.15) is 0 Å². The van der Waals surface area contributed by atoms with E-state index in [-0.39, 0.29) is 5.82 Å². The molecule has 2 aliphatic rings. The number of benzene rings is 1. The molecule has 0 heterocycles. The third-order valence-corrected chi connectivity index (χ3v) is 4.13. The molecule has 1 aromatic carbocycles. The smallest absolute Gasteiger partial charge is 0.123 e. The van der Waals surface area contributed by atoms with Crippen LogP contribution in [0, 0.1) is 17.7 Å². The van der Waals surface area contributed by atoms with Gasteiger partial charge in [-0.15, -0.1) is 0 Å². The van der Waals surface area contributed by atoms with Crippen molar-refractivity contribution in [2.24, 2.45) is 11.8 Å². The average Bonchev–Trinajstić information content (AvgIpc) is 3.23.